The van der Waals surface area contributed by atoms with Crippen molar-refractivity contribution in [3.8, 4) is 0 Å². The molecule has 0 aliphatic carbocycles. The monoisotopic (exact) mass is 488 g/mol. The summed E-state index contributed by atoms with van der Waals surface area (Å²) in [6.45, 7) is 2.45. The Morgan fingerprint density at radius 3 is 2.39 bits per heavy atom. The van der Waals surface area contributed by atoms with E-state index < -0.39 is 25.2 Å². The highest BCUT2D eigenvalue weighted by Crippen LogP contribution is 2.24. The Morgan fingerprint density at radius 1 is 1.00 bits per heavy atom. The molecular weight excluding hydrogens is 459 g/mol. The molecule has 186 valence electrons. The Bertz CT molecular complexity index is 1250. The van der Waals surface area contributed by atoms with Gasteiger partial charge in [-0.1, -0.05) is 60.7 Å². The van der Waals surface area contributed by atoms with Gasteiger partial charge in [-0.25, -0.2) is 0 Å². The lowest BCUT2D eigenvalue weighted by Gasteiger charge is -2.25. The van der Waals surface area contributed by atoms with Crippen molar-refractivity contribution in [1.29, 1.82) is 0 Å². The number of fused-ring (bicyclic) bond motifs is 1. The molecule has 0 saturated carbocycles. The average molecular weight is 488 g/mol. The van der Waals surface area contributed by atoms with Crippen molar-refractivity contribution in [2.75, 3.05) is 33.7 Å². The SMILES string of the molecule is CC(=O)OC(CN(C)Cc1cccc(B2OC(=O)CN(C)CC(=O)O2)c1)c1ccc2ccccc2c1. The molecule has 36 heavy (non-hydrogen) atoms. The Hall–Kier alpha value is -3.69. The lowest BCUT2D eigenvalue weighted by molar-refractivity contribution is -0.148. The molecule has 9 heteroatoms. The predicted octanol–water partition coefficient (Wildman–Crippen LogP) is 2.30. The van der Waals surface area contributed by atoms with E-state index in [0.29, 0.717) is 18.6 Å². The Kier molecular flexibility index (Phi) is 8.02. The van der Waals surface area contributed by atoms with Crippen LogP contribution in [0.3, 0.4) is 0 Å². The molecule has 1 atom stereocenters. The van der Waals surface area contributed by atoms with Gasteiger partial charge in [0.15, 0.2) is 0 Å². The maximum absolute atomic E-state index is 12.1. The van der Waals surface area contributed by atoms with Crippen molar-refractivity contribution in [2.45, 2.75) is 19.6 Å². The molecule has 1 heterocycles. The van der Waals surface area contributed by atoms with Gasteiger partial charge in [0.1, 0.15) is 6.10 Å². The van der Waals surface area contributed by atoms with Crippen LogP contribution >= 0.6 is 0 Å². The fourth-order valence-corrected chi connectivity index (χ4v) is 4.29. The average Bonchev–Trinajstić information content (AvgIpc) is 2.81. The fraction of sp³-hybridized carbons (Fsp3) is 0.296. The van der Waals surface area contributed by atoms with E-state index in [1.807, 2.05) is 72.6 Å². The first-order valence-electron chi connectivity index (χ1n) is 11.8. The van der Waals surface area contributed by atoms with Crippen molar-refractivity contribution in [1.82, 2.24) is 9.80 Å². The predicted molar refractivity (Wildman–Crippen MR) is 136 cm³/mol. The number of nitrogens with zero attached hydrogens (tertiary/aromatic N) is 2. The van der Waals surface area contributed by atoms with Crippen LogP contribution in [0.2, 0.25) is 0 Å². The summed E-state index contributed by atoms with van der Waals surface area (Å²) in [6, 6.07) is 21.5. The molecule has 1 fully saturated rings. The maximum atomic E-state index is 12.1. The number of hydrogen-bond donors (Lipinski definition) is 0. The number of benzene rings is 3. The molecule has 1 unspecified atom stereocenters. The first-order chi connectivity index (χ1) is 17.3. The maximum Gasteiger partial charge on any atom is 0.636 e. The second kappa shape index (κ2) is 11.4. The van der Waals surface area contributed by atoms with Crippen LogP contribution in [-0.4, -0.2) is 68.6 Å². The number of carbonyl (C=O) groups excluding carboxylic acids is 3. The van der Waals surface area contributed by atoms with Crippen LogP contribution in [0, 0.1) is 0 Å². The van der Waals surface area contributed by atoms with Gasteiger partial charge in [-0.2, -0.15) is 0 Å². The fourth-order valence-electron chi connectivity index (χ4n) is 4.29. The third kappa shape index (κ3) is 6.71. The summed E-state index contributed by atoms with van der Waals surface area (Å²) >= 11 is 0. The summed E-state index contributed by atoms with van der Waals surface area (Å²) in [7, 11) is 2.51. The molecule has 3 aromatic carbocycles. The van der Waals surface area contributed by atoms with Crippen LogP contribution in [0.4, 0.5) is 0 Å². The van der Waals surface area contributed by atoms with Gasteiger partial charge >= 0.3 is 25.0 Å². The van der Waals surface area contributed by atoms with Crippen molar-refractivity contribution in [2.24, 2.45) is 0 Å². The molecule has 1 aliphatic rings. The highest BCUT2D eigenvalue weighted by atomic mass is 16.6. The minimum absolute atomic E-state index is 0.0142. The zero-order valence-corrected chi connectivity index (χ0v) is 20.7. The summed E-state index contributed by atoms with van der Waals surface area (Å²) in [5.41, 5.74) is 2.43. The molecule has 0 radical (unpaired) electrons. The Balaban J connectivity index is 1.48. The quantitative estimate of drug-likeness (QED) is 0.370. The first kappa shape index (κ1) is 25.4. The number of esters is 1. The van der Waals surface area contributed by atoms with E-state index in [4.69, 9.17) is 14.0 Å². The summed E-state index contributed by atoms with van der Waals surface area (Å²) < 4.78 is 16.4. The van der Waals surface area contributed by atoms with Crippen LogP contribution in [0.15, 0.2) is 66.7 Å². The van der Waals surface area contributed by atoms with Crippen LogP contribution in [-0.2, 0) is 35.0 Å². The molecule has 0 bridgehead atoms. The second-order valence-electron chi connectivity index (χ2n) is 9.13. The third-order valence-corrected chi connectivity index (χ3v) is 5.88. The van der Waals surface area contributed by atoms with Crippen LogP contribution in [0.25, 0.3) is 10.8 Å². The van der Waals surface area contributed by atoms with Gasteiger partial charge in [0.2, 0.25) is 0 Å². The highest BCUT2D eigenvalue weighted by Gasteiger charge is 2.33. The highest BCUT2D eigenvalue weighted by molar-refractivity contribution is 6.64. The summed E-state index contributed by atoms with van der Waals surface area (Å²) in [4.78, 5) is 39.7. The summed E-state index contributed by atoms with van der Waals surface area (Å²) in [5.74, 6) is -1.27. The van der Waals surface area contributed by atoms with Gasteiger partial charge in [0.25, 0.3) is 0 Å². The molecule has 1 saturated heterocycles. The van der Waals surface area contributed by atoms with E-state index in [9.17, 15) is 14.4 Å². The summed E-state index contributed by atoms with van der Waals surface area (Å²) in [6.07, 6.45) is -0.440. The molecule has 1 aliphatic heterocycles. The smallest absolute Gasteiger partial charge is 0.494 e. The van der Waals surface area contributed by atoms with Gasteiger partial charge in [-0.3, -0.25) is 24.2 Å². The van der Waals surface area contributed by atoms with E-state index in [1.165, 1.54) is 6.92 Å². The zero-order chi connectivity index (χ0) is 25.7. The van der Waals surface area contributed by atoms with Crippen molar-refractivity contribution in [3.05, 3.63) is 77.9 Å². The first-order valence-corrected chi connectivity index (χ1v) is 11.8. The largest absolute Gasteiger partial charge is 0.636 e. The lowest BCUT2D eigenvalue weighted by atomic mass is 9.78. The number of rotatable bonds is 7. The molecule has 0 N–H and O–H groups in total. The van der Waals surface area contributed by atoms with Crippen molar-refractivity contribution < 1.29 is 28.4 Å². The van der Waals surface area contributed by atoms with Gasteiger partial charge in [0, 0.05) is 25.5 Å². The number of ether oxygens (including phenoxy) is 1. The molecular formula is C27H29BN2O6. The number of likely N-dealkylation sites (N-methyl/N-ethyl adjacent to an activating group) is 2. The van der Waals surface area contributed by atoms with E-state index in [0.717, 1.165) is 21.9 Å². The zero-order valence-electron chi connectivity index (χ0n) is 20.7. The number of carbonyl (C=O) groups is 3. The Morgan fingerprint density at radius 2 is 1.69 bits per heavy atom. The van der Waals surface area contributed by atoms with Gasteiger partial charge < -0.3 is 14.0 Å². The van der Waals surface area contributed by atoms with Gasteiger partial charge in [-0.15, -0.1) is 0 Å². The normalized spacial score (nSPS) is 15.7. The van der Waals surface area contributed by atoms with E-state index >= 15 is 0 Å². The lowest BCUT2D eigenvalue weighted by Crippen LogP contribution is -2.48. The van der Waals surface area contributed by atoms with Crippen LogP contribution < -0.4 is 5.46 Å². The van der Waals surface area contributed by atoms with Crippen LogP contribution in [0.5, 0.6) is 0 Å². The van der Waals surface area contributed by atoms with Gasteiger partial charge in [-0.05, 0) is 42.1 Å². The molecule has 3 aromatic rings. The minimum Gasteiger partial charge on any atom is -0.494 e. The van der Waals surface area contributed by atoms with E-state index in [1.54, 1.807) is 18.0 Å². The molecule has 0 spiro atoms. The van der Waals surface area contributed by atoms with Crippen molar-refractivity contribution >= 4 is 41.3 Å². The van der Waals surface area contributed by atoms with Gasteiger partial charge in [0.05, 0.1) is 13.1 Å². The standard InChI is InChI=1S/C27H29BN2O6/c1-19(31)34-25(23-12-11-21-8-4-5-9-22(21)14-23)16-29(2)15-20-7-6-10-24(13-20)28-35-26(32)17-30(3)18-27(33)36-28/h4-14,25H,15-18H2,1-3H3. The van der Waals surface area contributed by atoms with Crippen molar-refractivity contribution in [3.63, 3.8) is 0 Å². The van der Waals surface area contributed by atoms with E-state index in [-0.39, 0.29) is 19.1 Å². The third-order valence-electron chi connectivity index (χ3n) is 5.88. The molecule has 0 amide bonds. The Labute approximate surface area is 210 Å². The summed E-state index contributed by atoms with van der Waals surface area (Å²) in [5, 5.41) is 2.20. The van der Waals surface area contributed by atoms with Crippen LogP contribution in [0.1, 0.15) is 24.2 Å². The second-order valence-corrected chi connectivity index (χ2v) is 9.13. The molecule has 8 nitrogen and oxygen atoms in total. The minimum atomic E-state index is -1.09. The van der Waals surface area contributed by atoms with E-state index in [2.05, 4.69) is 0 Å². The topological polar surface area (TPSA) is 85.4 Å². The molecule has 4 rings (SSSR count). The molecule has 0 aromatic heterocycles. The number of hydrogen-bond acceptors (Lipinski definition) is 8.